The Balaban J connectivity index is 3.58. The number of hydrogen-bond acceptors (Lipinski definition) is 1. The third kappa shape index (κ3) is 5.92. The Bertz CT molecular complexity index is 179. The van der Waals surface area contributed by atoms with Crippen LogP contribution in [0.15, 0.2) is 12.2 Å². The molecule has 0 unspecified atom stereocenters. The van der Waals surface area contributed by atoms with Gasteiger partial charge in [-0.05, 0) is 6.42 Å². The summed E-state index contributed by atoms with van der Waals surface area (Å²) in [6, 6.07) is 0. The van der Waals surface area contributed by atoms with E-state index in [1.165, 1.54) is 0 Å². The van der Waals surface area contributed by atoms with Gasteiger partial charge < -0.3 is 10.2 Å². The van der Waals surface area contributed by atoms with Crippen LogP contribution >= 0.6 is 0 Å². The standard InChI is InChI=1S/C9H18N2O/c1-8(9(10)12)6-5-7-11(2,3)4/h1,5-7H2,2-4H3,(H-,10,12)/p+1. The van der Waals surface area contributed by atoms with Gasteiger partial charge in [0, 0.05) is 12.0 Å². The molecule has 70 valence electrons. The van der Waals surface area contributed by atoms with Crippen molar-refractivity contribution in [1.29, 1.82) is 0 Å². The van der Waals surface area contributed by atoms with Crippen molar-refractivity contribution in [3.63, 3.8) is 0 Å². The topological polar surface area (TPSA) is 43.1 Å². The first-order valence-corrected chi connectivity index (χ1v) is 4.11. The number of carbonyl (C=O) groups excluding carboxylic acids is 1. The summed E-state index contributed by atoms with van der Waals surface area (Å²) in [5, 5.41) is 0. The van der Waals surface area contributed by atoms with Crippen LogP contribution in [0.25, 0.3) is 0 Å². The second-order valence-corrected chi connectivity index (χ2v) is 4.09. The van der Waals surface area contributed by atoms with E-state index >= 15 is 0 Å². The van der Waals surface area contributed by atoms with Crippen LogP contribution in [0.1, 0.15) is 12.8 Å². The maximum absolute atomic E-state index is 10.6. The van der Waals surface area contributed by atoms with Crippen molar-refractivity contribution in [1.82, 2.24) is 0 Å². The van der Waals surface area contributed by atoms with Gasteiger partial charge >= 0.3 is 0 Å². The molecule has 0 heterocycles. The van der Waals surface area contributed by atoms with Crippen LogP contribution < -0.4 is 5.73 Å². The second kappa shape index (κ2) is 4.26. The van der Waals surface area contributed by atoms with Crippen molar-refractivity contribution in [2.45, 2.75) is 12.8 Å². The summed E-state index contributed by atoms with van der Waals surface area (Å²) in [7, 11) is 6.35. The van der Waals surface area contributed by atoms with Crippen molar-refractivity contribution >= 4 is 5.91 Å². The Hall–Kier alpha value is -0.830. The molecule has 3 nitrogen and oxygen atoms in total. The third-order valence-corrected chi connectivity index (χ3v) is 1.66. The van der Waals surface area contributed by atoms with Gasteiger partial charge in [-0.15, -0.1) is 0 Å². The fourth-order valence-electron chi connectivity index (χ4n) is 0.890. The molecular formula is C9H19N2O+. The van der Waals surface area contributed by atoms with E-state index in [4.69, 9.17) is 5.73 Å². The van der Waals surface area contributed by atoms with E-state index in [0.717, 1.165) is 17.4 Å². The number of hydrogen-bond donors (Lipinski definition) is 1. The number of primary amides is 1. The Labute approximate surface area is 74.4 Å². The van der Waals surface area contributed by atoms with Gasteiger partial charge in [0.2, 0.25) is 5.91 Å². The summed E-state index contributed by atoms with van der Waals surface area (Å²) in [5.74, 6) is -0.378. The molecule has 0 aromatic rings. The third-order valence-electron chi connectivity index (χ3n) is 1.66. The van der Waals surface area contributed by atoms with Gasteiger partial charge in [0.05, 0.1) is 27.7 Å². The minimum absolute atomic E-state index is 0.378. The summed E-state index contributed by atoms with van der Waals surface area (Å²) in [5.41, 5.74) is 5.57. The molecule has 1 amide bonds. The maximum Gasteiger partial charge on any atom is 0.244 e. The van der Waals surface area contributed by atoms with Gasteiger partial charge in [-0.1, -0.05) is 6.58 Å². The molecule has 0 aliphatic heterocycles. The average molecular weight is 171 g/mol. The first kappa shape index (κ1) is 11.2. The van der Waals surface area contributed by atoms with E-state index in [1.54, 1.807) is 0 Å². The molecule has 0 aliphatic carbocycles. The molecule has 3 heteroatoms. The Morgan fingerprint density at radius 1 is 1.42 bits per heavy atom. The van der Waals surface area contributed by atoms with E-state index in [1.807, 2.05) is 0 Å². The zero-order valence-electron chi connectivity index (χ0n) is 8.26. The van der Waals surface area contributed by atoms with Gasteiger partial charge in [0.15, 0.2) is 0 Å². The molecular weight excluding hydrogens is 152 g/mol. The molecule has 0 spiro atoms. The zero-order valence-corrected chi connectivity index (χ0v) is 8.26. The van der Waals surface area contributed by atoms with Crippen molar-refractivity contribution in [3.8, 4) is 0 Å². The smallest absolute Gasteiger partial charge is 0.244 e. The van der Waals surface area contributed by atoms with Crippen LogP contribution in [0.4, 0.5) is 0 Å². The molecule has 0 saturated carbocycles. The molecule has 0 saturated heterocycles. The number of nitrogens with zero attached hydrogens (tertiary/aromatic N) is 1. The van der Waals surface area contributed by atoms with E-state index in [0.29, 0.717) is 12.0 Å². The summed E-state index contributed by atoms with van der Waals surface area (Å²) >= 11 is 0. The molecule has 0 aromatic heterocycles. The monoisotopic (exact) mass is 171 g/mol. The predicted molar refractivity (Wildman–Crippen MR) is 50.5 cm³/mol. The molecule has 0 radical (unpaired) electrons. The molecule has 2 N–H and O–H groups in total. The van der Waals surface area contributed by atoms with Crippen LogP contribution in [0.2, 0.25) is 0 Å². The highest BCUT2D eigenvalue weighted by atomic mass is 16.1. The minimum atomic E-state index is -0.378. The maximum atomic E-state index is 10.6. The molecule has 0 rings (SSSR count). The first-order valence-electron chi connectivity index (χ1n) is 4.11. The normalized spacial score (nSPS) is 11.2. The lowest BCUT2D eigenvalue weighted by atomic mass is 10.1. The number of carbonyl (C=O) groups is 1. The average Bonchev–Trinajstić information content (AvgIpc) is 1.84. The Morgan fingerprint density at radius 3 is 2.25 bits per heavy atom. The second-order valence-electron chi connectivity index (χ2n) is 4.09. The lowest BCUT2D eigenvalue weighted by molar-refractivity contribution is -0.870. The summed E-state index contributed by atoms with van der Waals surface area (Å²) in [6.45, 7) is 4.63. The van der Waals surface area contributed by atoms with Crippen LogP contribution in [0.5, 0.6) is 0 Å². The van der Waals surface area contributed by atoms with Crippen molar-refractivity contribution in [3.05, 3.63) is 12.2 Å². The first-order chi connectivity index (χ1) is 5.33. The zero-order chi connectivity index (χ0) is 9.78. The van der Waals surface area contributed by atoms with E-state index in [9.17, 15) is 4.79 Å². The van der Waals surface area contributed by atoms with E-state index < -0.39 is 0 Å². The van der Waals surface area contributed by atoms with Gasteiger partial charge in [-0.2, -0.15) is 0 Å². The number of rotatable bonds is 5. The fourth-order valence-corrected chi connectivity index (χ4v) is 0.890. The van der Waals surface area contributed by atoms with Crippen LogP contribution in [-0.4, -0.2) is 38.1 Å². The van der Waals surface area contributed by atoms with Gasteiger partial charge in [0.1, 0.15) is 0 Å². The Kier molecular flexibility index (Phi) is 3.96. The van der Waals surface area contributed by atoms with Crippen molar-refractivity contribution in [2.75, 3.05) is 27.7 Å². The van der Waals surface area contributed by atoms with Gasteiger partial charge in [-0.25, -0.2) is 0 Å². The van der Waals surface area contributed by atoms with Crippen LogP contribution in [0.3, 0.4) is 0 Å². The molecule has 0 bridgehead atoms. The minimum Gasteiger partial charge on any atom is -0.366 e. The highest BCUT2D eigenvalue weighted by Gasteiger charge is 2.07. The van der Waals surface area contributed by atoms with E-state index in [-0.39, 0.29) is 5.91 Å². The van der Waals surface area contributed by atoms with Gasteiger partial charge in [-0.3, -0.25) is 4.79 Å². The molecule has 0 atom stereocenters. The quantitative estimate of drug-likeness (QED) is 0.475. The van der Waals surface area contributed by atoms with Crippen LogP contribution in [0, 0.1) is 0 Å². The lowest BCUT2D eigenvalue weighted by Gasteiger charge is -2.23. The SMILES string of the molecule is C=C(CCC[N+](C)(C)C)C(N)=O. The highest BCUT2D eigenvalue weighted by molar-refractivity contribution is 5.91. The van der Waals surface area contributed by atoms with E-state index in [2.05, 4.69) is 27.7 Å². The van der Waals surface area contributed by atoms with Crippen molar-refractivity contribution in [2.24, 2.45) is 5.73 Å². The number of nitrogens with two attached hydrogens (primary N) is 1. The van der Waals surface area contributed by atoms with Gasteiger partial charge in [0.25, 0.3) is 0 Å². The van der Waals surface area contributed by atoms with Crippen LogP contribution in [-0.2, 0) is 4.79 Å². The fraction of sp³-hybridized carbons (Fsp3) is 0.667. The summed E-state index contributed by atoms with van der Waals surface area (Å²) in [6.07, 6.45) is 1.68. The summed E-state index contributed by atoms with van der Waals surface area (Å²) < 4.78 is 0.909. The number of amides is 1. The lowest BCUT2D eigenvalue weighted by Crippen LogP contribution is -2.35. The molecule has 0 aliphatic rings. The highest BCUT2D eigenvalue weighted by Crippen LogP contribution is 2.03. The van der Waals surface area contributed by atoms with Crippen molar-refractivity contribution < 1.29 is 9.28 Å². The summed E-state index contributed by atoms with van der Waals surface area (Å²) in [4.78, 5) is 10.6. The predicted octanol–water partition coefficient (Wildman–Crippen LogP) is 0.514. The molecule has 0 fully saturated rings. The molecule has 12 heavy (non-hydrogen) atoms. The largest absolute Gasteiger partial charge is 0.366 e. The Morgan fingerprint density at radius 2 is 1.92 bits per heavy atom. The molecule has 0 aromatic carbocycles. The number of quaternary nitrogens is 1.